The molecule has 3 aromatic heterocycles. The molecule has 0 bridgehead atoms. The fourth-order valence-corrected chi connectivity index (χ4v) is 4.24. The molecule has 2 aromatic carbocycles. The van der Waals surface area contributed by atoms with Crippen LogP contribution < -0.4 is 9.47 Å². The van der Waals surface area contributed by atoms with E-state index < -0.39 is 0 Å². The normalized spacial score (nSPS) is 12.3. The molecule has 8 nitrogen and oxygen atoms in total. The first-order valence-electron chi connectivity index (χ1n) is 11.2. The van der Waals surface area contributed by atoms with E-state index in [1.54, 1.807) is 29.1 Å². The quantitative estimate of drug-likeness (QED) is 0.360. The van der Waals surface area contributed by atoms with Gasteiger partial charge >= 0.3 is 0 Å². The number of carbonyl (C=O) groups is 1. The maximum absolute atomic E-state index is 13.7. The Morgan fingerprint density at radius 3 is 2.71 bits per heavy atom. The third-order valence-corrected chi connectivity index (χ3v) is 6.00. The van der Waals surface area contributed by atoms with Crippen molar-refractivity contribution >= 4 is 16.9 Å². The molecule has 35 heavy (non-hydrogen) atoms. The topological polar surface area (TPSA) is 82.6 Å². The Labute approximate surface area is 201 Å². The second-order valence-corrected chi connectivity index (χ2v) is 8.39. The molecule has 0 aliphatic carbocycles. The number of aromatic nitrogens is 3. The largest absolute Gasteiger partial charge is 0.467 e. The van der Waals surface area contributed by atoms with Crippen LogP contribution in [0, 0.1) is 0 Å². The Kier molecular flexibility index (Phi) is 5.18. The third kappa shape index (κ3) is 3.99. The minimum absolute atomic E-state index is 0.121. The second-order valence-electron chi connectivity index (χ2n) is 8.39. The van der Waals surface area contributed by atoms with E-state index in [2.05, 4.69) is 5.10 Å². The van der Waals surface area contributed by atoms with Crippen molar-refractivity contribution in [2.24, 2.45) is 0 Å². The zero-order valence-corrected chi connectivity index (χ0v) is 19.0. The lowest BCUT2D eigenvalue weighted by molar-refractivity contribution is 0.0787. The molecule has 1 aliphatic heterocycles. The monoisotopic (exact) mass is 466 g/mol. The molecular formula is C27H22N4O4. The lowest BCUT2D eigenvalue weighted by Gasteiger charge is -2.18. The molecule has 8 heteroatoms. The molecule has 1 amide bonds. The lowest BCUT2D eigenvalue weighted by atomic mass is 10.1. The predicted octanol–water partition coefficient (Wildman–Crippen LogP) is 4.74. The molecule has 0 unspecified atom stereocenters. The van der Waals surface area contributed by atoms with E-state index in [0.29, 0.717) is 41.1 Å². The molecule has 174 valence electrons. The SMILES string of the molecule is CN(Cc1ccc2c(c1)OCO2)C(=O)c1cc(-c2ccccc2)nc2c1cnn2Cc1ccco1. The van der Waals surface area contributed by atoms with Gasteiger partial charge in [0, 0.05) is 19.2 Å². The molecule has 0 radical (unpaired) electrons. The van der Waals surface area contributed by atoms with Gasteiger partial charge in [-0.1, -0.05) is 36.4 Å². The Hall–Kier alpha value is -4.59. The van der Waals surface area contributed by atoms with Crippen LogP contribution in [-0.4, -0.2) is 39.4 Å². The van der Waals surface area contributed by atoms with Crippen LogP contribution in [0.1, 0.15) is 21.7 Å². The van der Waals surface area contributed by atoms with Gasteiger partial charge in [-0.3, -0.25) is 4.79 Å². The molecule has 1 aliphatic rings. The maximum atomic E-state index is 13.7. The Morgan fingerprint density at radius 1 is 1.03 bits per heavy atom. The summed E-state index contributed by atoms with van der Waals surface area (Å²) in [6.45, 7) is 1.05. The number of nitrogens with zero attached hydrogens (tertiary/aromatic N) is 4. The second kappa shape index (κ2) is 8.64. The number of fused-ring (bicyclic) bond motifs is 2. The van der Waals surface area contributed by atoms with Crippen molar-refractivity contribution in [1.29, 1.82) is 0 Å². The number of pyridine rings is 1. The van der Waals surface area contributed by atoms with Crippen molar-refractivity contribution in [3.63, 3.8) is 0 Å². The number of rotatable bonds is 6. The summed E-state index contributed by atoms with van der Waals surface area (Å²) in [6, 6.07) is 21.1. The average Bonchev–Trinajstić information content (AvgIpc) is 3.65. The summed E-state index contributed by atoms with van der Waals surface area (Å²) in [7, 11) is 1.79. The first kappa shape index (κ1) is 21.0. The minimum Gasteiger partial charge on any atom is -0.467 e. The Morgan fingerprint density at radius 2 is 1.89 bits per heavy atom. The fourth-order valence-electron chi connectivity index (χ4n) is 4.24. The summed E-state index contributed by atoms with van der Waals surface area (Å²) < 4.78 is 18.1. The summed E-state index contributed by atoms with van der Waals surface area (Å²) in [5.74, 6) is 2.05. The van der Waals surface area contributed by atoms with Gasteiger partial charge in [0.1, 0.15) is 12.3 Å². The summed E-state index contributed by atoms with van der Waals surface area (Å²) in [6.07, 6.45) is 3.32. The highest BCUT2D eigenvalue weighted by Crippen LogP contribution is 2.33. The van der Waals surface area contributed by atoms with Gasteiger partial charge in [-0.2, -0.15) is 5.10 Å². The molecule has 4 heterocycles. The van der Waals surface area contributed by atoms with Gasteiger partial charge < -0.3 is 18.8 Å². The summed E-state index contributed by atoms with van der Waals surface area (Å²) >= 11 is 0. The zero-order valence-electron chi connectivity index (χ0n) is 19.0. The molecule has 5 aromatic rings. The molecular weight excluding hydrogens is 444 g/mol. The summed E-state index contributed by atoms with van der Waals surface area (Å²) in [4.78, 5) is 20.2. The molecule has 0 atom stereocenters. The number of benzene rings is 2. The third-order valence-electron chi connectivity index (χ3n) is 6.00. The van der Waals surface area contributed by atoms with Crippen LogP contribution in [-0.2, 0) is 13.1 Å². The van der Waals surface area contributed by atoms with E-state index in [-0.39, 0.29) is 12.7 Å². The Balaban J connectivity index is 1.38. The van der Waals surface area contributed by atoms with E-state index in [1.165, 1.54) is 0 Å². The smallest absolute Gasteiger partial charge is 0.254 e. The highest BCUT2D eigenvalue weighted by Gasteiger charge is 2.22. The van der Waals surface area contributed by atoms with Crippen LogP contribution in [0.25, 0.3) is 22.3 Å². The predicted molar refractivity (Wildman–Crippen MR) is 129 cm³/mol. The highest BCUT2D eigenvalue weighted by molar-refractivity contribution is 6.06. The first-order valence-corrected chi connectivity index (χ1v) is 11.2. The van der Waals surface area contributed by atoms with Gasteiger partial charge in [0.2, 0.25) is 6.79 Å². The van der Waals surface area contributed by atoms with Gasteiger partial charge in [0.25, 0.3) is 5.91 Å². The van der Waals surface area contributed by atoms with Crippen molar-refractivity contribution in [3.05, 3.63) is 96.1 Å². The average molecular weight is 466 g/mol. The maximum Gasteiger partial charge on any atom is 0.254 e. The van der Waals surface area contributed by atoms with Crippen LogP contribution in [0.5, 0.6) is 11.5 Å². The van der Waals surface area contributed by atoms with E-state index in [4.69, 9.17) is 18.9 Å². The van der Waals surface area contributed by atoms with Crippen molar-refractivity contribution in [1.82, 2.24) is 19.7 Å². The molecule has 6 rings (SSSR count). The molecule has 0 N–H and O–H groups in total. The number of furan rings is 1. The van der Waals surface area contributed by atoms with Crippen LogP contribution in [0.15, 0.2) is 83.6 Å². The Bertz CT molecular complexity index is 1510. The lowest BCUT2D eigenvalue weighted by Crippen LogP contribution is -2.26. The van der Waals surface area contributed by atoms with Gasteiger partial charge in [-0.05, 0) is 35.9 Å². The van der Waals surface area contributed by atoms with Gasteiger partial charge in [-0.15, -0.1) is 0 Å². The number of hydrogen-bond donors (Lipinski definition) is 0. The summed E-state index contributed by atoms with van der Waals surface area (Å²) in [5, 5.41) is 5.22. The molecule has 0 spiro atoms. The van der Waals surface area contributed by atoms with Gasteiger partial charge in [-0.25, -0.2) is 9.67 Å². The molecule has 0 saturated heterocycles. The van der Waals surface area contributed by atoms with Crippen molar-refractivity contribution < 1.29 is 18.7 Å². The number of ether oxygens (including phenoxy) is 2. The molecule has 0 fully saturated rings. The van der Waals surface area contributed by atoms with E-state index >= 15 is 0 Å². The summed E-state index contributed by atoms with van der Waals surface area (Å²) in [5.41, 5.74) is 3.75. The van der Waals surface area contributed by atoms with Crippen LogP contribution >= 0.6 is 0 Å². The molecule has 0 saturated carbocycles. The van der Waals surface area contributed by atoms with Crippen molar-refractivity contribution in [3.8, 4) is 22.8 Å². The van der Waals surface area contributed by atoms with E-state index in [0.717, 1.165) is 22.6 Å². The number of amides is 1. The van der Waals surface area contributed by atoms with Crippen LogP contribution in [0.2, 0.25) is 0 Å². The number of carbonyl (C=O) groups excluding carboxylic acids is 1. The van der Waals surface area contributed by atoms with Gasteiger partial charge in [0.15, 0.2) is 17.1 Å². The van der Waals surface area contributed by atoms with E-state index in [9.17, 15) is 4.79 Å². The minimum atomic E-state index is -0.121. The van der Waals surface area contributed by atoms with E-state index in [1.807, 2.05) is 66.7 Å². The van der Waals surface area contributed by atoms with Crippen LogP contribution in [0.3, 0.4) is 0 Å². The van der Waals surface area contributed by atoms with Crippen molar-refractivity contribution in [2.75, 3.05) is 13.8 Å². The fraction of sp³-hybridized carbons (Fsp3) is 0.148. The highest BCUT2D eigenvalue weighted by atomic mass is 16.7. The van der Waals surface area contributed by atoms with Crippen LogP contribution in [0.4, 0.5) is 0 Å². The zero-order chi connectivity index (χ0) is 23.8. The van der Waals surface area contributed by atoms with Crippen molar-refractivity contribution in [2.45, 2.75) is 13.1 Å². The number of hydrogen-bond acceptors (Lipinski definition) is 6. The van der Waals surface area contributed by atoms with Gasteiger partial charge in [0.05, 0.1) is 29.1 Å². The first-order chi connectivity index (χ1) is 17.2. The standard InChI is InChI=1S/C27H22N4O4/c1-30(15-18-9-10-24-25(12-18)35-17-34-24)27(32)21-13-23(19-6-3-2-4-7-19)29-26-22(21)14-28-31(26)16-20-8-5-11-33-20/h2-14H,15-17H2,1H3.